The minimum Gasteiger partial charge on any atom is -0.744 e. The first-order valence-corrected chi connectivity index (χ1v) is 14.6. The van der Waals surface area contributed by atoms with Crippen LogP contribution in [-0.4, -0.2) is 43.5 Å². The summed E-state index contributed by atoms with van der Waals surface area (Å²) < 4.78 is 31.3. The van der Waals surface area contributed by atoms with Crippen molar-refractivity contribution < 1.29 is 22.8 Å². The molecule has 0 radical (unpaired) electrons. The number of rotatable bonds is 18. The van der Waals surface area contributed by atoms with Crippen LogP contribution in [0.1, 0.15) is 115 Å². The molecule has 0 aliphatic rings. The van der Waals surface area contributed by atoms with Crippen LogP contribution in [0.3, 0.4) is 0 Å². The van der Waals surface area contributed by atoms with Gasteiger partial charge in [0, 0.05) is 0 Å². The zero-order valence-corrected chi connectivity index (χ0v) is 22.7. The summed E-state index contributed by atoms with van der Waals surface area (Å²) in [7, 11) is -0.565. The number of hydrogen-bond acceptors (Lipinski definition) is 4. The molecule has 6 heteroatoms. The Labute approximate surface area is 204 Å². The maximum atomic E-state index is 10.4. The van der Waals surface area contributed by atoms with Gasteiger partial charge < -0.3 is 4.55 Å². The fraction of sp³-hybridized carbons (Fsp3) is 0.778. The topological polar surface area (TPSA) is 77.4 Å². The third-order valence-corrected chi connectivity index (χ3v) is 6.72. The molecular weight excluding hydrogens is 434 g/mol. The lowest BCUT2D eigenvalue weighted by Gasteiger charge is -2.18. The highest BCUT2D eigenvalue weighted by molar-refractivity contribution is 7.85. The van der Waals surface area contributed by atoms with Crippen molar-refractivity contribution in [1.29, 1.82) is 0 Å². The lowest BCUT2D eigenvalue weighted by molar-refractivity contribution is -1.07. The van der Waals surface area contributed by atoms with Gasteiger partial charge in [-0.3, -0.25) is 0 Å². The van der Waals surface area contributed by atoms with Crippen LogP contribution in [-0.2, 0) is 10.1 Å². The summed E-state index contributed by atoms with van der Waals surface area (Å²) >= 11 is 0. The Balaban J connectivity index is 0.000000771. The maximum absolute atomic E-state index is 10.4. The number of hydrogen-bond donors (Lipinski definition) is 1. The van der Waals surface area contributed by atoms with Crippen molar-refractivity contribution in [3.8, 4) is 0 Å². The molecule has 0 atom stereocenters. The first kappa shape index (κ1) is 32.0. The highest BCUT2D eigenvalue weighted by atomic mass is 32.2. The average molecular weight is 486 g/mol. The summed E-state index contributed by atoms with van der Waals surface area (Å²) in [5, 5.41) is 9.57. The van der Waals surface area contributed by atoms with Crippen LogP contribution >= 0.6 is 0 Å². The highest BCUT2D eigenvalue weighted by Gasteiger charge is 2.08. The SMILES string of the molecule is CCCCCCCCCCCCCCCCCC[N+](C)(C)O.Cc1ccc(S(=O)(=O)[O-])cc1. The van der Waals surface area contributed by atoms with E-state index in [2.05, 4.69) is 6.92 Å². The van der Waals surface area contributed by atoms with Crippen LogP contribution in [0.4, 0.5) is 0 Å². The molecule has 0 fully saturated rings. The number of benzene rings is 1. The molecule has 1 aromatic rings. The van der Waals surface area contributed by atoms with Gasteiger partial charge in [-0.15, -0.1) is 0 Å². The van der Waals surface area contributed by atoms with Gasteiger partial charge in [-0.25, -0.2) is 13.6 Å². The van der Waals surface area contributed by atoms with E-state index >= 15 is 0 Å². The zero-order valence-electron chi connectivity index (χ0n) is 21.9. The van der Waals surface area contributed by atoms with Crippen molar-refractivity contribution in [2.24, 2.45) is 0 Å². The molecule has 1 aromatic carbocycles. The van der Waals surface area contributed by atoms with Gasteiger partial charge in [-0.05, 0) is 31.9 Å². The fourth-order valence-electron chi connectivity index (χ4n) is 3.75. The van der Waals surface area contributed by atoms with E-state index in [1.807, 2.05) is 21.0 Å². The van der Waals surface area contributed by atoms with Gasteiger partial charge in [0.25, 0.3) is 0 Å². The van der Waals surface area contributed by atoms with Gasteiger partial charge in [0.2, 0.25) is 0 Å². The van der Waals surface area contributed by atoms with E-state index in [1.54, 1.807) is 12.1 Å². The quantitative estimate of drug-likeness (QED) is 0.100. The summed E-state index contributed by atoms with van der Waals surface area (Å²) in [6.45, 7) is 4.99. The van der Waals surface area contributed by atoms with Crippen LogP contribution in [0.2, 0.25) is 0 Å². The van der Waals surface area contributed by atoms with Gasteiger partial charge in [0.15, 0.2) is 0 Å². The van der Waals surface area contributed by atoms with E-state index < -0.39 is 10.1 Å². The molecule has 0 bridgehead atoms. The molecular formula is C27H51NO4S. The largest absolute Gasteiger partial charge is 0.744 e. The number of quaternary nitrogens is 1. The smallest absolute Gasteiger partial charge is 0.124 e. The van der Waals surface area contributed by atoms with Gasteiger partial charge in [-0.2, -0.15) is 4.65 Å². The monoisotopic (exact) mass is 485 g/mol. The lowest BCUT2D eigenvalue weighted by atomic mass is 10.0. The second-order valence-corrected chi connectivity index (χ2v) is 11.3. The molecule has 0 spiro atoms. The van der Waals surface area contributed by atoms with E-state index in [0.29, 0.717) is 0 Å². The molecule has 0 saturated heterocycles. The molecule has 0 unspecified atom stereocenters. The summed E-state index contributed by atoms with van der Waals surface area (Å²) in [6.07, 6.45) is 22.4. The van der Waals surface area contributed by atoms with E-state index in [0.717, 1.165) is 18.5 Å². The van der Waals surface area contributed by atoms with E-state index in [-0.39, 0.29) is 9.54 Å². The first-order chi connectivity index (χ1) is 15.6. The van der Waals surface area contributed by atoms with Gasteiger partial charge in [-0.1, -0.05) is 115 Å². The molecule has 5 nitrogen and oxygen atoms in total. The number of unbranched alkanes of at least 4 members (excludes halogenated alkanes) is 15. The van der Waals surface area contributed by atoms with Gasteiger partial charge in [0.05, 0.1) is 19.0 Å². The van der Waals surface area contributed by atoms with Crippen molar-refractivity contribution >= 4 is 10.1 Å². The number of nitrogens with zero attached hydrogens (tertiary/aromatic N) is 1. The van der Waals surface area contributed by atoms with Crippen molar-refractivity contribution in [3.63, 3.8) is 0 Å². The summed E-state index contributed by atoms with van der Waals surface area (Å²) in [4.78, 5) is -0.178. The van der Waals surface area contributed by atoms with Crippen molar-refractivity contribution in [2.45, 2.75) is 121 Å². The van der Waals surface area contributed by atoms with Crippen LogP contribution in [0, 0.1) is 6.92 Å². The van der Waals surface area contributed by atoms with E-state index in [9.17, 15) is 18.2 Å². The third-order valence-electron chi connectivity index (χ3n) is 5.87. The van der Waals surface area contributed by atoms with E-state index in [4.69, 9.17) is 0 Å². The Hall–Kier alpha value is -0.950. The predicted molar refractivity (Wildman–Crippen MR) is 137 cm³/mol. The highest BCUT2D eigenvalue weighted by Crippen LogP contribution is 2.14. The normalized spacial score (nSPS) is 11.8. The average Bonchev–Trinajstić information content (AvgIpc) is 2.73. The molecule has 0 aliphatic heterocycles. The fourth-order valence-corrected chi connectivity index (χ4v) is 4.22. The predicted octanol–water partition coefficient (Wildman–Crippen LogP) is 7.61. The Morgan fingerprint density at radius 2 is 1.03 bits per heavy atom. The molecule has 0 amide bonds. The van der Waals surface area contributed by atoms with Gasteiger partial charge in [0.1, 0.15) is 16.7 Å². The van der Waals surface area contributed by atoms with Crippen LogP contribution < -0.4 is 0 Å². The zero-order chi connectivity index (χ0) is 25.0. The standard InChI is InChI=1S/C20H44NO.C7H8O3S/c1-4-5-6-7-8-9-10-11-12-13-14-15-16-17-18-19-20-21(2,3)22;1-6-2-4-7(5-3-6)11(8,9)10/h22H,4-20H2,1-3H3;2-5H,1H3,(H,8,9,10)/q+1;/p-1. The molecule has 194 valence electrons. The lowest BCUT2D eigenvalue weighted by Crippen LogP contribution is -2.36. The minimum absolute atomic E-state index is 0.124. The van der Waals surface area contributed by atoms with Crippen molar-refractivity contribution in [1.82, 2.24) is 0 Å². The van der Waals surface area contributed by atoms with Crippen LogP contribution in [0.25, 0.3) is 0 Å². The number of aryl methyl sites for hydroxylation is 1. The Kier molecular flexibility index (Phi) is 18.8. The summed E-state index contributed by atoms with van der Waals surface area (Å²) in [5.41, 5.74) is 0.928. The van der Waals surface area contributed by atoms with Crippen LogP contribution in [0.15, 0.2) is 29.2 Å². The summed E-state index contributed by atoms with van der Waals surface area (Å²) in [5.74, 6) is 0. The molecule has 1 N–H and O–H groups in total. The van der Waals surface area contributed by atoms with E-state index in [1.165, 1.54) is 108 Å². The van der Waals surface area contributed by atoms with Crippen LogP contribution in [0.5, 0.6) is 0 Å². The Bertz CT molecular complexity index is 666. The van der Waals surface area contributed by atoms with Gasteiger partial charge >= 0.3 is 0 Å². The maximum Gasteiger partial charge on any atom is 0.124 e. The molecule has 0 heterocycles. The third kappa shape index (κ3) is 22.6. The Morgan fingerprint density at radius 3 is 1.33 bits per heavy atom. The Morgan fingerprint density at radius 1 is 0.697 bits per heavy atom. The molecule has 0 aliphatic carbocycles. The first-order valence-electron chi connectivity index (χ1n) is 13.1. The molecule has 33 heavy (non-hydrogen) atoms. The molecule has 0 aromatic heterocycles. The summed E-state index contributed by atoms with van der Waals surface area (Å²) in [6, 6.07) is 5.78. The molecule has 1 rings (SSSR count). The van der Waals surface area contributed by atoms with Crippen molar-refractivity contribution in [2.75, 3.05) is 20.6 Å². The minimum atomic E-state index is -4.27. The second kappa shape index (κ2) is 19.4. The number of hydroxylamine groups is 3. The van der Waals surface area contributed by atoms with Crippen molar-refractivity contribution in [3.05, 3.63) is 29.8 Å². The molecule has 0 saturated carbocycles. The second-order valence-electron chi connectivity index (χ2n) is 9.92.